The summed E-state index contributed by atoms with van der Waals surface area (Å²) in [6.45, 7) is -0.121. The second-order valence-electron chi connectivity index (χ2n) is 21.0. The number of hydrogen-bond donors (Lipinski definition) is 0. The summed E-state index contributed by atoms with van der Waals surface area (Å²) in [6, 6.07) is 32.9. The number of ether oxygens (including phenoxy) is 6. The summed E-state index contributed by atoms with van der Waals surface area (Å²) in [5.41, 5.74) is 2.58. The highest BCUT2D eigenvalue weighted by Crippen LogP contribution is 2.61. The smallest absolute Gasteiger partial charge is 0.427 e. The normalized spacial score (nSPS) is 14.9. The van der Waals surface area contributed by atoms with Gasteiger partial charge in [0.15, 0.2) is 13.2 Å². The third-order valence-corrected chi connectivity index (χ3v) is 15.3. The fourth-order valence-corrected chi connectivity index (χ4v) is 9.85. The van der Waals surface area contributed by atoms with Crippen LogP contribution in [0.3, 0.4) is 0 Å². The highest BCUT2D eigenvalue weighted by atomic mass is 19.4. The Morgan fingerprint density at radius 2 is 0.731 bits per heavy atom. The minimum atomic E-state index is -7.86. The lowest BCUT2D eigenvalue weighted by molar-refractivity contribution is -0.414. The molecule has 0 saturated carbocycles. The van der Waals surface area contributed by atoms with Gasteiger partial charge < -0.3 is 28.4 Å². The van der Waals surface area contributed by atoms with Crippen molar-refractivity contribution in [3.8, 4) is 34.1 Å². The highest BCUT2D eigenvalue weighted by Gasteiger charge is 2.89. The van der Waals surface area contributed by atoms with Gasteiger partial charge in [-0.3, -0.25) is 0 Å². The third kappa shape index (κ3) is 12.0. The molecule has 504 valence electrons. The molecule has 0 saturated heterocycles. The molecule has 0 spiro atoms. The van der Waals surface area contributed by atoms with Gasteiger partial charge in [0.1, 0.15) is 23.0 Å². The molecule has 0 N–H and O–H groups in total. The first-order chi connectivity index (χ1) is 42.7. The van der Waals surface area contributed by atoms with Crippen LogP contribution in [0.2, 0.25) is 0 Å². The quantitative estimate of drug-likeness (QED) is 0.0352. The van der Waals surface area contributed by atoms with E-state index < -0.39 is 126 Å². The van der Waals surface area contributed by atoms with Crippen LogP contribution in [-0.2, 0) is 20.3 Å². The summed E-state index contributed by atoms with van der Waals surface area (Å²) in [6.07, 6.45) is -17.0. The summed E-state index contributed by atoms with van der Waals surface area (Å²) in [5.74, 6) is -75.2. The van der Waals surface area contributed by atoms with Crippen LogP contribution < -0.4 is 18.9 Å². The number of halogens is 24. The third-order valence-electron chi connectivity index (χ3n) is 15.3. The molecule has 0 heterocycles. The Morgan fingerprint density at radius 3 is 1.06 bits per heavy atom. The lowest BCUT2D eigenvalue weighted by Gasteiger charge is -2.38. The van der Waals surface area contributed by atoms with Gasteiger partial charge >= 0.3 is 90.5 Å². The van der Waals surface area contributed by atoms with Crippen molar-refractivity contribution in [2.45, 2.75) is 117 Å². The maximum Gasteiger partial charge on any atom is 0.519 e. The first-order valence-corrected chi connectivity index (χ1v) is 26.3. The first kappa shape index (κ1) is 71.9. The Balaban J connectivity index is 1.04. The molecular formula is C60H42F24O9. The molecule has 1 atom stereocenters. The number of benzene rings is 6. The molecule has 0 bridgehead atoms. The maximum atomic E-state index is 14.5. The van der Waals surface area contributed by atoms with Gasteiger partial charge in [0, 0.05) is 5.41 Å². The van der Waals surface area contributed by atoms with Gasteiger partial charge in [0.2, 0.25) is 0 Å². The predicted octanol–water partition coefficient (Wildman–Crippen LogP) is 18.9. The molecule has 1 aliphatic rings. The van der Waals surface area contributed by atoms with E-state index >= 15 is 0 Å². The minimum absolute atomic E-state index is 0.0246. The zero-order valence-electron chi connectivity index (χ0n) is 47.2. The standard InChI is InChI=1S/C60H42F24O9/c1-5-49(4,32-14-20-36(21-15-32)90-46(85)88-28-50(65,66)55(73,74)59(81,82)57(77,78)53(69,70)44(61)62)33-16-22-37(23-17-33)91-48(87)93-43-25-19-35(27-31(43)3)52(40-12-8-6-10-38(40)39-11-7-9-13-41(39)52)34-18-24-42(30(2)26-34)92-47(86)89-29-51(67,68)56(75,76)60(83,84)58(79,80)54(71,72)45(63)64/h6-27,44-45H,5,28-29H2,1-4H3. The molecule has 0 fully saturated rings. The zero-order chi connectivity index (χ0) is 69.9. The molecule has 1 unspecified atom stereocenters. The number of rotatable bonds is 23. The van der Waals surface area contributed by atoms with Gasteiger partial charge in [-0.25, -0.2) is 31.9 Å². The van der Waals surface area contributed by atoms with Crippen molar-refractivity contribution in [3.63, 3.8) is 0 Å². The van der Waals surface area contributed by atoms with E-state index in [1.54, 1.807) is 81.4 Å². The number of fused-ring (bicyclic) bond motifs is 3. The Kier molecular flexibility index (Phi) is 19.1. The maximum absolute atomic E-state index is 14.5. The van der Waals surface area contributed by atoms with E-state index in [0.717, 1.165) is 18.2 Å². The van der Waals surface area contributed by atoms with Crippen molar-refractivity contribution in [1.82, 2.24) is 0 Å². The van der Waals surface area contributed by atoms with Gasteiger partial charge in [-0.2, -0.15) is 87.8 Å². The average molecular weight is 1360 g/mol. The lowest BCUT2D eigenvalue weighted by Crippen LogP contribution is -2.69. The van der Waals surface area contributed by atoms with E-state index in [4.69, 9.17) is 14.2 Å². The van der Waals surface area contributed by atoms with Gasteiger partial charge in [-0.15, -0.1) is 0 Å². The predicted molar refractivity (Wildman–Crippen MR) is 275 cm³/mol. The second kappa shape index (κ2) is 24.7. The van der Waals surface area contributed by atoms with E-state index in [-0.39, 0.29) is 17.1 Å². The van der Waals surface area contributed by atoms with Crippen molar-refractivity contribution >= 4 is 18.5 Å². The van der Waals surface area contributed by atoms with Crippen molar-refractivity contribution in [3.05, 3.63) is 178 Å². The first-order valence-electron chi connectivity index (χ1n) is 26.3. The number of hydrogen-bond acceptors (Lipinski definition) is 9. The van der Waals surface area contributed by atoms with Crippen LogP contribution in [0.4, 0.5) is 120 Å². The largest absolute Gasteiger partial charge is 0.519 e. The summed E-state index contributed by atoms with van der Waals surface area (Å²) in [5, 5.41) is 0. The van der Waals surface area contributed by atoms with Crippen molar-refractivity contribution in [2.24, 2.45) is 0 Å². The van der Waals surface area contributed by atoms with Crippen molar-refractivity contribution in [1.29, 1.82) is 0 Å². The van der Waals surface area contributed by atoms with Crippen molar-refractivity contribution in [2.75, 3.05) is 13.2 Å². The fourth-order valence-electron chi connectivity index (χ4n) is 9.85. The molecule has 33 heteroatoms. The fraction of sp³-hybridized carbons (Fsp3) is 0.350. The molecule has 7 rings (SSSR count). The lowest BCUT2D eigenvalue weighted by atomic mass is 9.67. The van der Waals surface area contributed by atoms with E-state index in [2.05, 4.69) is 14.2 Å². The number of alkyl halides is 24. The van der Waals surface area contributed by atoms with Crippen LogP contribution in [0.1, 0.15) is 64.8 Å². The molecule has 6 aromatic carbocycles. The van der Waals surface area contributed by atoms with Crippen LogP contribution in [0.25, 0.3) is 11.1 Å². The van der Waals surface area contributed by atoms with Gasteiger partial charge in [0.25, 0.3) is 0 Å². The van der Waals surface area contributed by atoms with E-state index in [1.165, 1.54) is 61.5 Å². The Hall–Kier alpha value is -8.55. The molecule has 6 aromatic rings. The van der Waals surface area contributed by atoms with E-state index in [1.807, 2.05) is 0 Å². The van der Waals surface area contributed by atoms with Crippen LogP contribution in [0.15, 0.2) is 133 Å². The summed E-state index contributed by atoms with van der Waals surface area (Å²) in [7, 11) is 0. The molecule has 0 aliphatic heterocycles. The monoisotopic (exact) mass is 1360 g/mol. The summed E-state index contributed by atoms with van der Waals surface area (Å²) >= 11 is 0. The molecule has 9 nitrogen and oxygen atoms in total. The van der Waals surface area contributed by atoms with Crippen LogP contribution in [0, 0.1) is 13.8 Å². The molecule has 93 heavy (non-hydrogen) atoms. The van der Waals surface area contributed by atoms with Gasteiger partial charge in [-0.05, 0) is 112 Å². The Morgan fingerprint density at radius 1 is 0.409 bits per heavy atom. The minimum Gasteiger partial charge on any atom is -0.427 e. The van der Waals surface area contributed by atoms with Crippen LogP contribution >= 0.6 is 0 Å². The molecule has 0 amide bonds. The van der Waals surface area contributed by atoms with Crippen molar-refractivity contribution < 1.29 is 148 Å². The number of carbonyl (C=O) groups excluding carboxylic acids is 3. The Bertz CT molecular complexity index is 3700. The topological polar surface area (TPSA) is 107 Å². The summed E-state index contributed by atoms with van der Waals surface area (Å²) in [4.78, 5) is 38.0. The molecule has 0 radical (unpaired) electrons. The summed E-state index contributed by atoms with van der Waals surface area (Å²) < 4.78 is 355. The van der Waals surface area contributed by atoms with E-state index in [0.29, 0.717) is 56.5 Å². The average Bonchev–Trinajstić information content (AvgIpc) is 1.69. The zero-order valence-corrected chi connectivity index (χ0v) is 47.2. The Labute approximate surface area is 508 Å². The van der Waals surface area contributed by atoms with Crippen LogP contribution in [-0.4, -0.2) is 104 Å². The van der Waals surface area contributed by atoms with Crippen LogP contribution in [0.5, 0.6) is 23.0 Å². The molecule has 1 aliphatic carbocycles. The van der Waals surface area contributed by atoms with E-state index in [9.17, 15) is 120 Å². The van der Waals surface area contributed by atoms with Gasteiger partial charge in [0.05, 0.1) is 5.41 Å². The SMILES string of the molecule is CCC(C)(c1ccc(OC(=O)OCC(F)(F)C(F)(F)C(F)(F)C(F)(F)C(F)(F)C(F)F)cc1)c1ccc(OC(=O)Oc2ccc(C3(c4ccc(OC(=O)OCC(F)(F)C(F)(F)C(F)(F)C(F)(F)C(F)(F)C(F)F)c(C)c4)c4ccccc4-c4ccccc43)cc2C)cc1. The second-order valence-corrected chi connectivity index (χ2v) is 21.0. The number of carbonyl (C=O) groups is 3. The van der Waals surface area contributed by atoms with Gasteiger partial charge in [-0.1, -0.05) is 111 Å². The number of aryl methyl sites for hydroxylation is 2. The molecule has 0 aromatic heterocycles. The molecular weight excluding hydrogens is 1320 g/mol. The highest BCUT2D eigenvalue weighted by molar-refractivity contribution is 5.86.